The minimum atomic E-state index is -0.283. The van der Waals surface area contributed by atoms with Crippen LogP contribution in [0.15, 0.2) is 0 Å². The van der Waals surface area contributed by atoms with Crippen molar-refractivity contribution in [2.24, 2.45) is 27.7 Å². The van der Waals surface area contributed by atoms with E-state index >= 15 is 0 Å². The summed E-state index contributed by atoms with van der Waals surface area (Å²) in [5.41, 5.74) is 11.8. The summed E-state index contributed by atoms with van der Waals surface area (Å²) in [4.78, 5) is 29.3. The van der Waals surface area contributed by atoms with Gasteiger partial charge in [-0.15, -0.1) is 0 Å². The van der Waals surface area contributed by atoms with Gasteiger partial charge in [-0.3, -0.25) is 24.3 Å². The molecule has 0 aromatic heterocycles. The molecule has 0 saturated carbocycles. The molecule has 4 N–H and O–H groups in total. The van der Waals surface area contributed by atoms with E-state index in [1.165, 1.54) is 0 Å². The summed E-state index contributed by atoms with van der Waals surface area (Å²) >= 11 is 0. The van der Waals surface area contributed by atoms with E-state index in [0.29, 0.717) is 35.7 Å². The van der Waals surface area contributed by atoms with E-state index in [9.17, 15) is 9.59 Å². The molecule has 0 radical (unpaired) electrons. The minimum Gasteiger partial charge on any atom is -0.326 e. The van der Waals surface area contributed by atoms with Gasteiger partial charge in [0, 0.05) is 52.1 Å². The van der Waals surface area contributed by atoms with Crippen molar-refractivity contribution < 1.29 is 9.59 Å². The van der Waals surface area contributed by atoms with Gasteiger partial charge in [-0.1, -0.05) is 55.4 Å². The Morgan fingerprint density at radius 2 is 1.00 bits per heavy atom. The average molecular weight is 700 g/mol. The first kappa shape index (κ1) is 54.9. The molecule has 0 aromatic rings. The second-order valence-corrected chi connectivity index (χ2v) is 21.7. The quantitative estimate of drug-likeness (QED) is 0.303. The number of carbonyl (C=O) groups is 2. The molecule has 3 unspecified atom stereocenters. The second-order valence-electron chi connectivity index (χ2n) is 21.7. The van der Waals surface area contributed by atoms with Gasteiger partial charge in [-0.25, -0.2) is 0 Å². The maximum Gasteiger partial charge on any atom is 0.153 e. The van der Waals surface area contributed by atoms with Gasteiger partial charge < -0.3 is 11.5 Å². The Balaban J connectivity index is -0.000000268. The van der Waals surface area contributed by atoms with Crippen LogP contribution in [-0.4, -0.2) is 93.2 Å². The number of likely N-dealkylation sites (tertiary alicyclic amines) is 1. The van der Waals surface area contributed by atoms with Crippen LogP contribution in [0.2, 0.25) is 0 Å². The summed E-state index contributed by atoms with van der Waals surface area (Å²) in [6, 6.07) is 1.45. The Morgan fingerprint density at radius 3 is 1.16 bits per heavy atom. The smallest absolute Gasteiger partial charge is 0.153 e. The number of nitrogens with zero attached hydrogens (tertiary/aromatic N) is 3. The average Bonchev–Trinajstić information content (AvgIpc) is 2.82. The van der Waals surface area contributed by atoms with Crippen LogP contribution < -0.4 is 11.5 Å². The number of piperidine rings is 1. The van der Waals surface area contributed by atoms with Gasteiger partial charge in [0.25, 0.3) is 0 Å². The summed E-state index contributed by atoms with van der Waals surface area (Å²) in [6.07, 6.45) is 0.700. The summed E-state index contributed by atoms with van der Waals surface area (Å²) in [7, 11) is 6.37. The summed E-state index contributed by atoms with van der Waals surface area (Å²) in [5.74, 6) is 0.602. The summed E-state index contributed by atoms with van der Waals surface area (Å²) in [6.45, 7) is 52.7. The summed E-state index contributed by atoms with van der Waals surface area (Å²) in [5, 5.41) is 0. The lowest BCUT2D eigenvalue weighted by molar-refractivity contribution is -0.141. The zero-order valence-electron chi connectivity index (χ0n) is 38.8. The first-order chi connectivity index (χ1) is 20.8. The molecule has 0 amide bonds. The second kappa shape index (κ2) is 19.3. The Morgan fingerprint density at radius 1 is 0.735 bits per heavy atom. The van der Waals surface area contributed by atoms with Gasteiger partial charge in [0.2, 0.25) is 0 Å². The Bertz CT molecular complexity index is 880. The number of likely N-dealkylation sites (N-methyl/N-ethyl adjacent to an activating group) is 2. The highest BCUT2D eigenvalue weighted by Gasteiger charge is 2.47. The third kappa shape index (κ3) is 23.3. The van der Waals surface area contributed by atoms with Crippen molar-refractivity contribution in [2.75, 3.05) is 21.1 Å². The van der Waals surface area contributed by atoms with Crippen LogP contribution in [-0.2, 0) is 9.59 Å². The lowest BCUT2D eigenvalue weighted by atomic mass is 9.71. The third-order valence-corrected chi connectivity index (χ3v) is 10.6. The van der Waals surface area contributed by atoms with Crippen LogP contribution in [0.25, 0.3) is 0 Å². The van der Waals surface area contributed by atoms with Crippen LogP contribution in [0.5, 0.6) is 0 Å². The molecule has 3 atom stereocenters. The van der Waals surface area contributed by atoms with Crippen LogP contribution in [0.4, 0.5) is 0 Å². The zero-order valence-corrected chi connectivity index (χ0v) is 38.8. The van der Waals surface area contributed by atoms with Gasteiger partial charge in [-0.2, -0.15) is 0 Å². The monoisotopic (exact) mass is 700 g/mol. The molecule has 0 aromatic carbocycles. The molecule has 0 spiro atoms. The normalized spacial score (nSPS) is 19.9. The first-order valence-electron chi connectivity index (χ1n) is 18.6. The standard InChI is InChI=1S/C11H21NO.C11H25N.C10H24N2.C6H12O.C4H11N/c1-8-10(2,3)7-9(13)11(4,5)12(8)6;1-9(10(2,3)4)12(8)11(5,6)7;1-8(10(5,6)11)12(7)9(2,3)4;1-5(7)6(2,3)4;1-4(2,3)5/h8H,7H2,1-6H3;9H,1-8H3;8H,11H2,1-7H3;1-4H3;5H2,1-3H3. The highest BCUT2D eigenvalue weighted by molar-refractivity contribution is 5.89. The van der Waals surface area contributed by atoms with Gasteiger partial charge >= 0.3 is 0 Å². The largest absolute Gasteiger partial charge is 0.326 e. The number of Topliss-reactive ketones (excluding diaryl/α,β-unsaturated/α-hetero) is 2. The van der Waals surface area contributed by atoms with E-state index < -0.39 is 0 Å². The molecule has 0 bridgehead atoms. The van der Waals surface area contributed by atoms with Crippen molar-refractivity contribution in [3.8, 4) is 0 Å². The third-order valence-electron chi connectivity index (χ3n) is 10.6. The Kier molecular flexibility index (Phi) is 21.6. The van der Waals surface area contributed by atoms with Gasteiger partial charge in [0.15, 0.2) is 5.78 Å². The number of hydrogen-bond donors (Lipinski definition) is 2. The fraction of sp³-hybridized carbons (Fsp3) is 0.952. The number of nitrogens with two attached hydrogens (primary N) is 2. The van der Waals surface area contributed by atoms with E-state index in [1.54, 1.807) is 6.92 Å². The number of carbonyl (C=O) groups excluding carboxylic acids is 2. The van der Waals surface area contributed by atoms with Crippen molar-refractivity contribution in [1.82, 2.24) is 14.7 Å². The molecule has 1 aliphatic heterocycles. The Hall–Kier alpha value is -0.860. The lowest BCUT2D eigenvalue weighted by Gasteiger charge is -2.51. The minimum absolute atomic E-state index is 0. The molecule has 0 aliphatic carbocycles. The van der Waals surface area contributed by atoms with Gasteiger partial charge in [0.05, 0.1) is 5.54 Å². The molecule has 1 saturated heterocycles. The zero-order chi connectivity index (χ0) is 41.3. The van der Waals surface area contributed by atoms with Crippen LogP contribution >= 0.6 is 0 Å². The number of rotatable bonds is 3. The fourth-order valence-corrected chi connectivity index (χ4v) is 4.22. The number of hydrogen-bond acceptors (Lipinski definition) is 7. The first-order valence-corrected chi connectivity index (χ1v) is 18.6. The summed E-state index contributed by atoms with van der Waals surface area (Å²) < 4.78 is 0. The van der Waals surface area contributed by atoms with Crippen molar-refractivity contribution in [2.45, 2.75) is 225 Å². The van der Waals surface area contributed by atoms with Gasteiger partial charge in [0.1, 0.15) is 5.78 Å². The maximum absolute atomic E-state index is 11.8. The molecular weight excluding hydrogens is 606 g/mol. The molecule has 298 valence electrons. The number of ketones is 2. The SMILES string of the molecule is CC(=O)C(C)(C)C.CC(C)(C)N.CC(N(C)C(C)(C)C)C(C)(C)C.CC(N(C)C(C)(C)C)C(C)(C)N.CC1N(C)C(C)(C)C(=O)CC1(C)C. The van der Waals surface area contributed by atoms with Crippen molar-refractivity contribution in [3.63, 3.8) is 0 Å². The molecule has 1 heterocycles. The van der Waals surface area contributed by atoms with Crippen LogP contribution in [0.3, 0.4) is 0 Å². The fourth-order valence-electron chi connectivity index (χ4n) is 4.22. The highest BCUT2D eigenvalue weighted by atomic mass is 16.1. The van der Waals surface area contributed by atoms with Crippen molar-refractivity contribution in [1.29, 1.82) is 0 Å². The van der Waals surface area contributed by atoms with E-state index in [1.807, 2.05) is 62.4 Å². The van der Waals surface area contributed by atoms with Crippen molar-refractivity contribution >= 4 is 11.6 Å². The molecular formula is C42H93N5O2. The van der Waals surface area contributed by atoms with Crippen molar-refractivity contribution in [3.05, 3.63) is 0 Å². The van der Waals surface area contributed by atoms with E-state index in [2.05, 4.69) is 140 Å². The molecule has 1 rings (SSSR count). The van der Waals surface area contributed by atoms with Crippen LogP contribution in [0.1, 0.15) is 180 Å². The lowest BCUT2D eigenvalue weighted by Crippen LogP contribution is -2.61. The van der Waals surface area contributed by atoms with Crippen LogP contribution in [0, 0.1) is 16.2 Å². The molecule has 7 nitrogen and oxygen atoms in total. The molecule has 49 heavy (non-hydrogen) atoms. The molecule has 1 aliphatic rings. The van der Waals surface area contributed by atoms with E-state index in [-0.39, 0.29) is 44.3 Å². The van der Waals surface area contributed by atoms with E-state index in [0.717, 1.165) is 0 Å². The van der Waals surface area contributed by atoms with Gasteiger partial charge in [-0.05, 0) is 150 Å². The molecule has 7 heteroatoms. The maximum atomic E-state index is 11.8. The highest BCUT2D eigenvalue weighted by Crippen LogP contribution is 2.39. The predicted octanol–water partition coefficient (Wildman–Crippen LogP) is 9.44. The topological polar surface area (TPSA) is 95.9 Å². The molecule has 1 fully saturated rings. The Labute approximate surface area is 309 Å². The van der Waals surface area contributed by atoms with E-state index in [4.69, 9.17) is 11.5 Å². The predicted molar refractivity (Wildman–Crippen MR) is 220 cm³/mol.